The van der Waals surface area contributed by atoms with E-state index in [1.54, 1.807) is 18.3 Å². The fourth-order valence-corrected chi connectivity index (χ4v) is 4.85. The number of rotatable bonds is 4. The van der Waals surface area contributed by atoms with Crippen molar-refractivity contribution < 1.29 is 4.74 Å². The van der Waals surface area contributed by atoms with E-state index in [1.165, 1.54) is 49.4 Å². The smallest absolute Gasteiger partial charge is 0.212 e. The molecule has 0 saturated carbocycles. The molecule has 1 fully saturated rings. The Morgan fingerprint density at radius 2 is 1.79 bits per heavy atom. The van der Waals surface area contributed by atoms with Gasteiger partial charge in [-0.05, 0) is 50.0 Å². The van der Waals surface area contributed by atoms with Gasteiger partial charge >= 0.3 is 0 Å². The number of hydrogen-bond acceptors (Lipinski definition) is 7. The summed E-state index contributed by atoms with van der Waals surface area (Å²) < 4.78 is 13.1. The average Bonchev–Trinajstić information content (AvgIpc) is 3.33. The molecule has 1 N–H and O–H groups in total. The molecule has 3 aromatic rings. The Morgan fingerprint density at radius 3 is 2.48 bits per heavy atom. The summed E-state index contributed by atoms with van der Waals surface area (Å²) in [4.78, 5) is 7.90. The van der Waals surface area contributed by atoms with E-state index in [-0.39, 0.29) is 0 Å². The Kier molecular flexibility index (Phi) is 7.39. The van der Waals surface area contributed by atoms with Gasteiger partial charge in [-0.3, -0.25) is 4.90 Å². The van der Waals surface area contributed by atoms with Crippen LogP contribution in [0.15, 0.2) is 65.8 Å². The minimum absolute atomic E-state index is 0.522. The summed E-state index contributed by atoms with van der Waals surface area (Å²) in [6, 6.07) is 19.1. The van der Waals surface area contributed by atoms with E-state index in [2.05, 4.69) is 37.2 Å². The predicted octanol–water partition coefficient (Wildman–Crippen LogP) is 5.65. The zero-order valence-electron chi connectivity index (χ0n) is 16.4. The summed E-state index contributed by atoms with van der Waals surface area (Å²) in [5, 5.41) is 0.819. The zero-order chi connectivity index (χ0) is 19.7. The number of ether oxygens (including phenoxy) is 1. The first-order valence-corrected chi connectivity index (χ1v) is 11.7. The van der Waals surface area contributed by atoms with Crippen LogP contribution < -0.4 is 9.46 Å². The van der Waals surface area contributed by atoms with E-state index >= 15 is 0 Å². The van der Waals surface area contributed by atoms with E-state index < -0.39 is 0 Å². The Hall–Kier alpha value is -2.09. The number of likely N-dealkylation sites (tertiary alicyclic amines) is 1. The number of anilines is 1. The van der Waals surface area contributed by atoms with Crippen LogP contribution in [-0.2, 0) is 0 Å². The molecule has 29 heavy (non-hydrogen) atoms. The van der Waals surface area contributed by atoms with Crippen LogP contribution in [0.5, 0.6) is 5.75 Å². The maximum atomic E-state index is 5.93. The summed E-state index contributed by atoms with van der Waals surface area (Å²) in [5.41, 5.74) is 1.35. The minimum atomic E-state index is 0.522. The summed E-state index contributed by atoms with van der Waals surface area (Å²) in [7, 11) is 0. The first-order chi connectivity index (χ1) is 14.4. The quantitative estimate of drug-likeness (QED) is 0.544. The van der Waals surface area contributed by atoms with E-state index in [9.17, 15) is 0 Å². The molecule has 1 aromatic heterocycles. The topological polar surface area (TPSA) is 50.3 Å². The molecule has 2 aliphatic heterocycles. The molecule has 152 valence electrons. The predicted molar refractivity (Wildman–Crippen MR) is 121 cm³/mol. The molecule has 0 aliphatic carbocycles. The maximum absolute atomic E-state index is 5.93. The summed E-state index contributed by atoms with van der Waals surface area (Å²) in [5.74, 6) is 1.04. The van der Waals surface area contributed by atoms with Crippen molar-refractivity contribution in [2.45, 2.75) is 36.6 Å². The monoisotopic (exact) mass is 426 g/mol. The largest absolute Gasteiger partial charge is 0.493 e. The van der Waals surface area contributed by atoms with Crippen LogP contribution in [0.25, 0.3) is 0 Å². The minimum Gasteiger partial charge on any atom is -0.493 e. The van der Waals surface area contributed by atoms with Crippen LogP contribution in [0, 0.1) is 0 Å². The lowest BCUT2D eigenvalue weighted by atomic mass is 9.97. The van der Waals surface area contributed by atoms with Gasteiger partial charge in [0.2, 0.25) is 5.13 Å². The van der Waals surface area contributed by atoms with Crippen molar-refractivity contribution in [3.8, 4) is 5.75 Å². The lowest BCUT2D eigenvalue weighted by molar-refractivity contribution is 0.119. The zero-order valence-corrected chi connectivity index (χ0v) is 18.0. The summed E-state index contributed by atoms with van der Waals surface area (Å²) >= 11 is 2.91. The Bertz CT molecular complexity index is 828. The second kappa shape index (κ2) is 10.6. The average molecular weight is 427 g/mol. The normalized spacial score (nSPS) is 18.7. The molecule has 2 aliphatic rings. The third kappa shape index (κ3) is 5.72. The Morgan fingerprint density at radius 1 is 1.03 bits per heavy atom. The number of piperidine rings is 1. The summed E-state index contributed by atoms with van der Waals surface area (Å²) in [6.45, 7) is 3.25. The second-order valence-corrected chi connectivity index (χ2v) is 8.71. The van der Waals surface area contributed by atoms with Crippen molar-refractivity contribution in [2.75, 3.05) is 24.4 Å². The molecular formula is C22H26N4OS2. The van der Waals surface area contributed by atoms with Crippen LogP contribution in [0.4, 0.5) is 5.13 Å². The van der Waals surface area contributed by atoms with Crippen molar-refractivity contribution in [2.24, 2.45) is 0 Å². The Balaban J connectivity index is 0.000000294. The van der Waals surface area contributed by atoms with Crippen LogP contribution in [-0.4, -0.2) is 34.0 Å². The SMILES string of the molecule is c1ccccc1.c1nsc(NSc2ccc3c(c2)OCCC3N2CCCCC2)n1. The molecule has 1 unspecified atom stereocenters. The van der Waals surface area contributed by atoms with Gasteiger partial charge in [0, 0.05) is 34.5 Å². The molecule has 2 aromatic carbocycles. The van der Waals surface area contributed by atoms with E-state index in [1.807, 2.05) is 36.4 Å². The number of benzene rings is 2. The maximum Gasteiger partial charge on any atom is 0.212 e. The number of fused-ring (bicyclic) bond motifs is 1. The first-order valence-electron chi connectivity index (χ1n) is 10.1. The highest BCUT2D eigenvalue weighted by Crippen LogP contribution is 2.39. The third-order valence-electron chi connectivity index (χ3n) is 5.11. The molecule has 3 heterocycles. The van der Waals surface area contributed by atoms with Gasteiger partial charge in [-0.15, -0.1) is 0 Å². The standard InChI is InChI=1S/C16H20N4OS2.C6H6/c1-2-7-20(8-3-1)14-6-9-21-15-10-12(4-5-13(14)15)22-19-16-17-11-18-23-16;1-2-4-6-5-3-1/h4-5,10-11,14H,1-3,6-9H2,(H,17,18,19);1-6H. The van der Waals surface area contributed by atoms with Crippen molar-refractivity contribution in [3.63, 3.8) is 0 Å². The van der Waals surface area contributed by atoms with Gasteiger partial charge in [-0.1, -0.05) is 48.9 Å². The highest BCUT2D eigenvalue weighted by Gasteiger charge is 2.28. The Labute approximate surface area is 180 Å². The van der Waals surface area contributed by atoms with Crippen molar-refractivity contribution in [1.29, 1.82) is 0 Å². The van der Waals surface area contributed by atoms with Crippen molar-refractivity contribution >= 4 is 28.6 Å². The van der Waals surface area contributed by atoms with E-state index in [4.69, 9.17) is 4.74 Å². The second-order valence-electron chi connectivity index (χ2n) is 7.05. The highest BCUT2D eigenvalue weighted by molar-refractivity contribution is 8.00. The number of nitrogens with zero attached hydrogens (tertiary/aromatic N) is 3. The van der Waals surface area contributed by atoms with Gasteiger partial charge in [0.1, 0.15) is 12.1 Å². The van der Waals surface area contributed by atoms with Crippen LogP contribution in [0.2, 0.25) is 0 Å². The molecular weight excluding hydrogens is 400 g/mol. The lowest BCUT2D eigenvalue weighted by Gasteiger charge is -2.38. The van der Waals surface area contributed by atoms with Crippen LogP contribution in [0.3, 0.4) is 0 Å². The lowest BCUT2D eigenvalue weighted by Crippen LogP contribution is -2.36. The first kappa shape index (κ1) is 20.2. The molecule has 0 spiro atoms. The third-order valence-corrected chi connectivity index (χ3v) is 6.60. The molecule has 0 radical (unpaired) electrons. The molecule has 1 atom stereocenters. The molecule has 7 heteroatoms. The molecule has 5 nitrogen and oxygen atoms in total. The van der Waals surface area contributed by atoms with Gasteiger partial charge in [-0.25, -0.2) is 4.98 Å². The highest BCUT2D eigenvalue weighted by atomic mass is 32.2. The molecule has 5 rings (SSSR count). The van der Waals surface area contributed by atoms with Crippen molar-refractivity contribution in [1.82, 2.24) is 14.3 Å². The number of aromatic nitrogens is 2. The van der Waals surface area contributed by atoms with Crippen molar-refractivity contribution in [3.05, 3.63) is 66.5 Å². The van der Waals surface area contributed by atoms with Gasteiger partial charge in [0.25, 0.3) is 0 Å². The summed E-state index contributed by atoms with van der Waals surface area (Å²) in [6.07, 6.45) is 6.69. The van der Waals surface area contributed by atoms with E-state index in [0.29, 0.717) is 6.04 Å². The fourth-order valence-electron chi connectivity index (χ4n) is 3.73. The molecule has 0 amide bonds. The molecule has 0 bridgehead atoms. The van der Waals surface area contributed by atoms with E-state index in [0.717, 1.165) is 28.8 Å². The van der Waals surface area contributed by atoms with Gasteiger partial charge in [0.15, 0.2) is 0 Å². The number of hydrogen-bond donors (Lipinski definition) is 1. The number of nitrogens with one attached hydrogen (secondary N) is 1. The molecule has 1 saturated heterocycles. The van der Waals surface area contributed by atoms with Gasteiger partial charge in [-0.2, -0.15) is 4.37 Å². The van der Waals surface area contributed by atoms with Crippen LogP contribution >= 0.6 is 23.5 Å². The van der Waals surface area contributed by atoms with Crippen LogP contribution in [0.1, 0.15) is 37.3 Å². The van der Waals surface area contributed by atoms with Gasteiger partial charge < -0.3 is 9.46 Å². The van der Waals surface area contributed by atoms with Gasteiger partial charge in [0.05, 0.1) is 6.61 Å². The fraction of sp³-hybridized carbons (Fsp3) is 0.364.